The summed E-state index contributed by atoms with van der Waals surface area (Å²) in [6.45, 7) is 2.27. The Morgan fingerprint density at radius 2 is 2.29 bits per heavy atom. The number of benzene rings is 1. The molecule has 0 saturated carbocycles. The lowest BCUT2D eigenvalue weighted by Gasteiger charge is -2.11. The van der Waals surface area contributed by atoms with Crippen LogP contribution < -0.4 is 10.1 Å². The van der Waals surface area contributed by atoms with Gasteiger partial charge in [-0.1, -0.05) is 0 Å². The first kappa shape index (κ1) is 10.4. The summed E-state index contributed by atoms with van der Waals surface area (Å²) in [5.74, 6) is 0.918. The molecule has 88 valence electrons. The molecular formula is C14H17N2O+. The molecule has 3 heteroatoms. The van der Waals surface area contributed by atoms with E-state index in [1.54, 1.807) is 7.11 Å². The number of fused-ring (bicyclic) bond motifs is 1. The number of aromatic amines is 1. The van der Waals surface area contributed by atoms with Gasteiger partial charge in [0.1, 0.15) is 5.75 Å². The van der Waals surface area contributed by atoms with Gasteiger partial charge in [-0.05, 0) is 29.8 Å². The van der Waals surface area contributed by atoms with E-state index in [9.17, 15) is 0 Å². The Bertz CT molecular complexity index is 569. The van der Waals surface area contributed by atoms with Gasteiger partial charge in [-0.25, -0.2) is 0 Å². The van der Waals surface area contributed by atoms with Crippen LogP contribution in [0, 0.1) is 0 Å². The minimum atomic E-state index is 0.918. The molecule has 0 spiro atoms. The molecule has 3 rings (SSSR count). The van der Waals surface area contributed by atoms with E-state index in [0.29, 0.717) is 0 Å². The third-order valence-electron chi connectivity index (χ3n) is 3.38. The minimum absolute atomic E-state index is 0.918. The summed E-state index contributed by atoms with van der Waals surface area (Å²) in [7, 11) is 1.71. The number of aromatic nitrogens is 1. The highest BCUT2D eigenvalue weighted by atomic mass is 16.5. The number of nitrogens with one attached hydrogen (secondary N) is 1. The van der Waals surface area contributed by atoms with E-state index < -0.39 is 0 Å². The van der Waals surface area contributed by atoms with Crippen LogP contribution in [-0.4, -0.2) is 25.2 Å². The van der Waals surface area contributed by atoms with E-state index in [1.807, 2.05) is 6.07 Å². The van der Waals surface area contributed by atoms with Crippen LogP contribution in [0.2, 0.25) is 0 Å². The number of nitrogens with two attached hydrogens (primary N) is 1. The second-order valence-electron chi connectivity index (χ2n) is 4.41. The average Bonchev–Trinajstić information content (AvgIpc) is 2.82. The van der Waals surface area contributed by atoms with Crippen LogP contribution in [0.15, 0.2) is 30.5 Å². The normalized spacial score (nSPS) is 15.9. The number of methoxy groups -OCH3 is 1. The summed E-state index contributed by atoms with van der Waals surface area (Å²) in [6.07, 6.45) is 5.58. The summed E-state index contributed by atoms with van der Waals surface area (Å²) in [5.41, 5.74) is 3.95. The molecule has 0 atom stereocenters. The van der Waals surface area contributed by atoms with Gasteiger partial charge in [0.25, 0.3) is 0 Å². The molecule has 2 aromatic rings. The lowest BCUT2D eigenvalue weighted by Crippen LogP contribution is -2.84. The Morgan fingerprint density at radius 1 is 1.35 bits per heavy atom. The van der Waals surface area contributed by atoms with Crippen LogP contribution in [0.1, 0.15) is 12.0 Å². The summed E-state index contributed by atoms with van der Waals surface area (Å²) in [4.78, 5) is 3.33. The maximum atomic E-state index is 5.29. The van der Waals surface area contributed by atoms with Crippen molar-refractivity contribution < 1.29 is 10.1 Å². The van der Waals surface area contributed by atoms with Crippen LogP contribution in [0.4, 0.5) is 0 Å². The van der Waals surface area contributed by atoms with Crippen molar-refractivity contribution in [3.63, 3.8) is 0 Å². The molecule has 1 aromatic carbocycles. The van der Waals surface area contributed by atoms with Crippen molar-refractivity contribution in [1.82, 2.24) is 4.98 Å². The molecule has 1 aliphatic rings. The van der Waals surface area contributed by atoms with Gasteiger partial charge in [0.05, 0.1) is 20.2 Å². The smallest absolute Gasteiger partial charge is 0.119 e. The van der Waals surface area contributed by atoms with E-state index in [1.165, 1.54) is 28.6 Å². The van der Waals surface area contributed by atoms with Crippen LogP contribution in [0.5, 0.6) is 5.75 Å². The first-order chi connectivity index (χ1) is 8.38. The van der Waals surface area contributed by atoms with Crippen molar-refractivity contribution in [3.05, 3.63) is 36.0 Å². The third-order valence-corrected chi connectivity index (χ3v) is 3.38. The highest BCUT2D eigenvalue weighted by Gasteiger charge is 2.12. The Balaban J connectivity index is 2.12. The van der Waals surface area contributed by atoms with E-state index in [2.05, 4.69) is 34.7 Å². The highest BCUT2D eigenvalue weighted by Crippen LogP contribution is 2.29. The first-order valence-corrected chi connectivity index (χ1v) is 6.04. The van der Waals surface area contributed by atoms with Gasteiger partial charge < -0.3 is 15.0 Å². The molecule has 1 aliphatic heterocycles. The molecule has 0 bridgehead atoms. The highest BCUT2D eigenvalue weighted by molar-refractivity contribution is 5.93. The van der Waals surface area contributed by atoms with Crippen molar-refractivity contribution in [2.24, 2.45) is 0 Å². The molecule has 3 nitrogen and oxygen atoms in total. The molecule has 2 heterocycles. The molecule has 1 aromatic heterocycles. The van der Waals surface area contributed by atoms with Gasteiger partial charge in [-0.2, -0.15) is 0 Å². The number of hydrogen-bond acceptors (Lipinski definition) is 1. The standard InChI is InChI=1S/C14H16N2O/c1-17-11-2-3-14-12(8-11)13(9-16-14)10-4-6-15-7-5-10/h2-4,8-9,15-16H,5-7H2,1H3/p+1. The maximum absolute atomic E-state index is 5.29. The topological polar surface area (TPSA) is 41.6 Å². The van der Waals surface area contributed by atoms with E-state index in [4.69, 9.17) is 4.74 Å². The molecule has 17 heavy (non-hydrogen) atoms. The van der Waals surface area contributed by atoms with Crippen molar-refractivity contribution in [3.8, 4) is 5.75 Å². The average molecular weight is 229 g/mol. The van der Waals surface area contributed by atoms with Gasteiger partial charge in [-0.15, -0.1) is 0 Å². The molecule has 0 radical (unpaired) electrons. The second-order valence-corrected chi connectivity index (χ2v) is 4.41. The van der Waals surface area contributed by atoms with Crippen molar-refractivity contribution in [2.75, 3.05) is 20.2 Å². The zero-order valence-electron chi connectivity index (χ0n) is 9.99. The monoisotopic (exact) mass is 229 g/mol. The third kappa shape index (κ3) is 1.83. The van der Waals surface area contributed by atoms with Gasteiger partial charge >= 0.3 is 0 Å². The zero-order valence-corrected chi connectivity index (χ0v) is 9.99. The fourth-order valence-corrected chi connectivity index (χ4v) is 2.44. The van der Waals surface area contributed by atoms with Gasteiger partial charge in [0.2, 0.25) is 0 Å². The Morgan fingerprint density at radius 3 is 3.06 bits per heavy atom. The van der Waals surface area contributed by atoms with Gasteiger partial charge in [-0.3, -0.25) is 0 Å². The molecule has 3 N–H and O–H groups in total. The van der Waals surface area contributed by atoms with E-state index in [0.717, 1.165) is 18.7 Å². The number of quaternary nitrogens is 1. The van der Waals surface area contributed by atoms with E-state index in [-0.39, 0.29) is 0 Å². The van der Waals surface area contributed by atoms with E-state index >= 15 is 0 Å². The number of H-pyrrole nitrogens is 1. The molecular weight excluding hydrogens is 212 g/mol. The Kier molecular flexibility index (Phi) is 2.61. The first-order valence-electron chi connectivity index (χ1n) is 6.04. The van der Waals surface area contributed by atoms with Crippen molar-refractivity contribution in [1.29, 1.82) is 0 Å². The van der Waals surface area contributed by atoms with Crippen molar-refractivity contribution in [2.45, 2.75) is 6.42 Å². The van der Waals surface area contributed by atoms with Crippen molar-refractivity contribution >= 4 is 16.5 Å². The second kappa shape index (κ2) is 4.26. The molecule has 0 unspecified atom stereocenters. The Hall–Kier alpha value is -1.74. The molecule has 0 fully saturated rings. The Labute approximate surface area is 100 Å². The zero-order chi connectivity index (χ0) is 11.7. The predicted octanol–water partition coefficient (Wildman–Crippen LogP) is 1.53. The quantitative estimate of drug-likeness (QED) is 0.805. The molecule has 0 aliphatic carbocycles. The summed E-state index contributed by atoms with van der Waals surface area (Å²) < 4.78 is 5.29. The van der Waals surface area contributed by atoms with Gasteiger partial charge in [0, 0.05) is 29.1 Å². The predicted molar refractivity (Wildman–Crippen MR) is 69.1 cm³/mol. The minimum Gasteiger partial charge on any atom is -0.497 e. The fourth-order valence-electron chi connectivity index (χ4n) is 2.44. The SMILES string of the molecule is COc1ccc2[nH]cc(C3=CC[NH2+]CC3)c2c1. The van der Waals surface area contributed by atoms with Crippen LogP contribution in [-0.2, 0) is 0 Å². The lowest BCUT2D eigenvalue weighted by molar-refractivity contribution is -0.646. The van der Waals surface area contributed by atoms with Crippen LogP contribution in [0.3, 0.4) is 0 Å². The van der Waals surface area contributed by atoms with Crippen LogP contribution in [0.25, 0.3) is 16.5 Å². The molecule has 0 amide bonds. The maximum Gasteiger partial charge on any atom is 0.119 e. The van der Waals surface area contributed by atoms with Gasteiger partial charge in [0.15, 0.2) is 0 Å². The largest absolute Gasteiger partial charge is 0.497 e. The fraction of sp³-hybridized carbons (Fsp3) is 0.286. The number of rotatable bonds is 2. The van der Waals surface area contributed by atoms with Crippen LogP contribution >= 0.6 is 0 Å². The summed E-state index contributed by atoms with van der Waals surface area (Å²) in [5, 5.41) is 3.59. The summed E-state index contributed by atoms with van der Waals surface area (Å²) in [6, 6.07) is 6.18. The summed E-state index contributed by atoms with van der Waals surface area (Å²) >= 11 is 0. The number of hydrogen-bond donors (Lipinski definition) is 2. The lowest BCUT2D eigenvalue weighted by atomic mass is 10.00. The molecule has 0 saturated heterocycles. The number of ether oxygens (including phenoxy) is 1.